The van der Waals surface area contributed by atoms with E-state index in [-0.39, 0.29) is 24.0 Å². The Bertz CT molecular complexity index is 2700. The summed E-state index contributed by atoms with van der Waals surface area (Å²) in [7, 11) is 0. The van der Waals surface area contributed by atoms with E-state index < -0.39 is 0 Å². The lowest BCUT2D eigenvalue weighted by Gasteiger charge is -2.44. The molecule has 9 rings (SSSR count). The van der Waals surface area contributed by atoms with Gasteiger partial charge in [0.25, 0.3) is 0 Å². The highest BCUT2D eigenvalue weighted by molar-refractivity contribution is 5.78. The van der Waals surface area contributed by atoms with Gasteiger partial charge in [-0.2, -0.15) is 0 Å². The van der Waals surface area contributed by atoms with Gasteiger partial charge in [-0.05, 0) is 153 Å². The summed E-state index contributed by atoms with van der Waals surface area (Å²) in [6.07, 6.45) is 13.3. The van der Waals surface area contributed by atoms with Crippen LogP contribution in [-0.4, -0.2) is 18.1 Å². The number of allylic oxidation sites excluding steroid dienone is 1. The second kappa shape index (κ2) is 18.5. The van der Waals surface area contributed by atoms with Crippen LogP contribution in [0.1, 0.15) is 37.0 Å². The molecule has 0 spiro atoms. The molecule has 0 aromatic heterocycles. The molecule has 4 nitrogen and oxygen atoms in total. The van der Waals surface area contributed by atoms with Crippen molar-refractivity contribution in [2.45, 2.75) is 59.2 Å². The van der Waals surface area contributed by atoms with Gasteiger partial charge in [-0.15, -0.1) is 0 Å². The quantitative estimate of drug-likeness (QED) is 0.114. The van der Waals surface area contributed by atoms with Gasteiger partial charge in [0, 0.05) is 57.1 Å². The first kappa shape index (κ1) is 41.3. The zero-order valence-electron chi connectivity index (χ0n) is 37.2. The van der Waals surface area contributed by atoms with Crippen LogP contribution in [0.4, 0.5) is 45.5 Å². The molecular formula is C59H58N4. The van der Waals surface area contributed by atoms with E-state index in [9.17, 15) is 0 Å². The van der Waals surface area contributed by atoms with E-state index in [2.05, 4.69) is 273 Å². The monoisotopic (exact) mass is 822 g/mol. The average molecular weight is 823 g/mol. The van der Waals surface area contributed by atoms with E-state index in [1.54, 1.807) is 0 Å². The van der Waals surface area contributed by atoms with Gasteiger partial charge in [0.1, 0.15) is 0 Å². The summed E-state index contributed by atoms with van der Waals surface area (Å²) in [6, 6.07) is 68.7. The minimum atomic E-state index is 0.130. The van der Waals surface area contributed by atoms with Gasteiger partial charge in [-0.3, -0.25) is 0 Å². The number of hydrogen-bond donors (Lipinski definition) is 0. The molecule has 0 fully saturated rings. The van der Waals surface area contributed by atoms with Gasteiger partial charge in [0.15, 0.2) is 0 Å². The second-order valence-corrected chi connectivity index (χ2v) is 17.4. The SMILES string of the molecule is Cc1cccc(N(c2ccccc2)c2ccc(N(C3=C[C@H](C)C(N(c4ccccc4)c4cccc(C)c4)C=C3)C3C=CC(N(c4ccccc4)c4cccc(C)c4)CC3C)cc2)c1. The summed E-state index contributed by atoms with van der Waals surface area (Å²) in [5.41, 5.74) is 14.4. The van der Waals surface area contributed by atoms with E-state index in [1.165, 1.54) is 50.8 Å². The summed E-state index contributed by atoms with van der Waals surface area (Å²) < 4.78 is 0. The van der Waals surface area contributed by atoms with Crippen molar-refractivity contribution >= 4 is 45.5 Å². The molecule has 63 heavy (non-hydrogen) atoms. The molecule has 0 saturated heterocycles. The highest BCUT2D eigenvalue weighted by Gasteiger charge is 2.35. The van der Waals surface area contributed by atoms with Gasteiger partial charge in [-0.25, -0.2) is 0 Å². The normalized spacial score (nSPS) is 19.3. The molecule has 7 aromatic carbocycles. The summed E-state index contributed by atoms with van der Waals surface area (Å²) >= 11 is 0. The predicted octanol–water partition coefficient (Wildman–Crippen LogP) is 15.4. The number of nitrogens with zero attached hydrogens (tertiary/aromatic N) is 4. The van der Waals surface area contributed by atoms with Crippen molar-refractivity contribution in [1.29, 1.82) is 0 Å². The van der Waals surface area contributed by atoms with Crippen LogP contribution in [0.3, 0.4) is 0 Å². The lowest BCUT2D eigenvalue weighted by Crippen LogP contribution is -2.45. The van der Waals surface area contributed by atoms with Crippen molar-refractivity contribution in [3.05, 3.63) is 241 Å². The number of para-hydroxylation sites is 3. The fourth-order valence-corrected chi connectivity index (χ4v) is 9.65. The molecule has 2 aliphatic rings. The highest BCUT2D eigenvalue weighted by Crippen LogP contribution is 2.42. The molecule has 0 aliphatic heterocycles. The Hall–Kier alpha value is -7.04. The molecule has 0 saturated carbocycles. The maximum atomic E-state index is 2.60. The molecule has 5 atom stereocenters. The van der Waals surface area contributed by atoms with Crippen LogP contribution in [0.15, 0.2) is 224 Å². The van der Waals surface area contributed by atoms with Crippen molar-refractivity contribution in [3.8, 4) is 0 Å². The molecule has 0 radical (unpaired) electrons. The van der Waals surface area contributed by atoms with Crippen LogP contribution >= 0.6 is 0 Å². The fourth-order valence-electron chi connectivity index (χ4n) is 9.65. The largest absolute Gasteiger partial charge is 0.335 e. The van der Waals surface area contributed by atoms with E-state index in [0.717, 1.165) is 23.5 Å². The molecule has 0 bridgehead atoms. The first-order valence-electron chi connectivity index (χ1n) is 22.5. The van der Waals surface area contributed by atoms with Crippen LogP contribution in [-0.2, 0) is 0 Å². The topological polar surface area (TPSA) is 13.0 Å². The lowest BCUT2D eigenvalue weighted by atomic mass is 9.84. The number of aryl methyl sites for hydroxylation is 3. The molecule has 0 amide bonds. The Morgan fingerprint density at radius 1 is 0.381 bits per heavy atom. The maximum Gasteiger partial charge on any atom is 0.0586 e. The molecule has 4 unspecified atom stereocenters. The van der Waals surface area contributed by atoms with Crippen LogP contribution in [0.5, 0.6) is 0 Å². The summed E-state index contributed by atoms with van der Waals surface area (Å²) in [6.45, 7) is 11.3. The van der Waals surface area contributed by atoms with Crippen LogP contribution in [0.2, 0.25) is 0 Å². The molecular weight excluding hydrogens is 765 g/mol. The third kappa shape index (κ3) is 8.99. The maximum absolute atomic E-state index is 2.60. The summed E-state index contributed by atoms with van der Waals surface area (Å²) in [5.74, 6) is 0.548. The lowest BCUT2D eigenvalue weighted by molar-refractivity contribution is 0.424. The van der Waals surface area contributed by atoms with Crippen molar-refractivity contribution in [3.63, 3.8) is 0 Å². The fraction of sp³-hybridized carbons (Fsp3) is 0.186. The van der Waals surface area contributed by atoms with Gasteiger partial charge in [0.2, 0.25) is 0 Å². The third-order valence-corrected chi connectivity index (χ3v) is 12.7. The van der Waals surface area contributed by atoms with Crippen molar-refractivity contribution in [1.82, 2.24) is 0 Å². The van der Waals surface area contributed by atoms with Crippen LogP contribution < -0.4 is 19.6 Å². The average Bonchev–Trinajstić information content (AvgIpc) is 3.30. The zero-order chi connectivity index (χ0) is 43.3. The van der Waals surface area contributed by atoms with E-state index in [4.69, 9.17) is 0 Å². The van der Waals surface area contributed by atoms with E-state index in [1.807, 2.05) is 0 Å². The number of benzene rings is 7. The van der Waals surface area contributed by atoms with Crippen molar-refractivity contribution in [2.75, 3.05) is 19.6 Å². The van der Waals surface area contributed by atoms with Crippen LogP contribution in [0.25, 0.3) is 0 Å². The smallest absolute Gasteiger partial charge is 0.0586 e. The van der Waals surface area contributed by atoms with Gasteiger partial charge in [0.05, 0.1) is 18.1 Å². The second-order valence-electron chi connectivity index (χ2n) is 17.4. The van der Waals surface area contributed by atoms with Gasteiger partial charge in [-0.1, -0.05) is 129 Å². The number of anilines is 8. The Morgan fingerprint density at radius 3 is 1.37 bits per heavy atom. The summed E-state index contributed by atoms with van der Waals surface area (Å²) in [4.78, 5) is 9.98. The minimum Gasteiger partial charge on any atom is -0.335 e. The Balaban J connectivity index is 1.11. The molecule has 0 N–H and O–H groups in total. The molecule has 314 valence electrons. The Kier molecular flexibility index (Phi) is 12.1. The Labute approximate surface area is 375 Å². The van der Waals surface area contributed by atoms with Gasteiger partial charge < -0.3 is 19.6 Å². The molecule has 7 aromatic rings. The zero-order valence-corrected chi connectivity index (χ0v) is 37.2. The third-order valence-electron chi connectivity index (χ3n) is 12.7. The van der Waals surface area contributed by atoms with E-state index >= 15 is 0 Å². The minimum absolute atomic E-state index is 0.130. The van der Waals surface area contributed by atoms with Crippen LogP contribution in [0, 0.1) is 32.6 Å². The first-order valence-corrected chi connectivity index (χ1v) is 22.5. The van der Waals surface area contributed by atoms with E-state index in [0.29, 0.717) is 5.92 Å². The predicted molar refractivity (Wildman–Crippen MR) is 269 cm³/mol. The molecule has 0 heterocycles. The van der Waals surface area contributed by atoms with Crippen molar-refractivity contribution in [2.24, 2.45) is 11.8 Å². The van der Waals surface area contributed by atoms with Gasteiger partial charge >= 0.3 is 0 Å². The summed E-state index contributed by atoms with van der Waals surface area (Å²) in [5, 5.41) is 0. The number of hydrogen-bond acceptors (Lipinski definition) is 4. The number of rotatable bonds is 12. The first-order chi connectivity index (χ1) is 30.8. The molecule has 4 heteroatoms. The standard InChI is InChI=1S/C59H58N4/c1-43-18-15-27-53(38-43)60(48-21-9-6-10-22-48)51-30-32-52(33-31-51)63(57-35-37-58(47(5)42-57)62(50-25-13-8-14-26-50)55-29-17-20-45(3)40-55)59-36-34-56(41-46(59)4)61(49-23-11-7-12-24-49)54-28-16-19-44(2)39-54/h6-40,42,46-47,56,58-59H,41H2,1-5H3/t46?,47-,56?,58?,59?/m0/s1. The molecule has 2 aliphatic carbocycles. The Morgan fingerprint density at radius 2 is 0.825 bits per heavy atom. The van der Waals surface area contributed by atoms with Crippen molar-refractivity contribution < 1.29 is 0 Å². The highest BCUT2D eigenvalue weighted by atomic mass is 15.2.